The first-order valence-corrected chi connectivity index (χ1v) is 8.82. The number of hydrogen-bond donors (Lipinski definition) is 3. The lowest BCUT2D eigenvalue weighted by Gasteiger charge is -2.34. The number of nitrogens with zero attached hydrogens (tertiary/aromatic N) is 1. The number of rotatable bonds is 8. The molecule has 0 unspecified atom stereocenters. The van der Waals surface area contributed by atoms with Crippen LogP contribution in [0.5, 0.6) is 0 Å². The summed E-state index contributed by atoms with van der Waals surface area (Å²) in [5.41, 5.74) is 5.00. The monoisotopic (exact) mass is 301 g/mol. The molecule has 1 amide bonds. The van der Waals surface area contributed by atoms with Crippen molar-refractivity contribution in [3.05, 3.63) is 0 Å². The highest BCUT2D eigenvalue weighted by molar-refractivity contribution is 7.98. The Bertz CT molecular complexity index is 328. The number of unbranched alkanes of at least 4 members (excludes halogenated alkanes) is 2. The van der Waals surface area contributed by atoms with E-state index in [1.165, 1.54) is 12.2 Å². The van der Waals surface area contributed by atoms with Crippen LogP contribution in [0.15, 0.2) is 5.16 Å². The van der Waals surface area contributed by atoms with Gasteiger partial charge in [-0.05, 0) is 37.7 Å². The van der Waals surface area contributed by atoms with E-state index in [1.54, 1.807) is 0 Å². The van der Waals surface area contributed by atoms with Gasteiger partial charge in [0.15, 0.2) is 5.84 Å². The Morgan fingerprint density at radius 1 is 1.30 bits per heavy atom. The zero-order chi connectivity index (χ0) is 14.8. The van der Waals surface area contributed by atoms with Gasteiger partial charge in [-0.1, -0.05) is 30.8 Å². The highest BCUT2D eigenvalue weighted by Crippen LogP contribution is 2.36. The molecule has 0 aromatic heterocycles. The number of nitrogens with two attached hydrogens (primary N) is 1. The smallest absolute Gasteiger partial charge is 0.233 e. The third-order valence-corrected chi connectivity index (χ3v) is 4.75. The molecule has 20 heavy (non-hydrogen) atoms. The molecular formula is C14H27N3O2S. The van der Waals surface area contributed by atoms with E-state index >= 15 is 0 Å². The van der Waals surface area contributed by atoms with E-state index in [4.69, 9.17) is 10.9 Å². The van der Waals surface area contributed by atoms with Gasteiger partial charge in [0.2, 0.25) is 5.91 Å². The fraction of sp³-hybridized carbons (Fsp3) is 0.857. The first kappa shape index (κ1) is 17.1. The van der Waals surface area contributed by atoms with Crippen molar-refractivity contribution in [1.29, 1.82) is 0 Å². The van der Waals surface area contributed by atoms with Crippen LogP contribution in [0.2, 0.25) is 0 Å². The van der Waals surface area contributed by atoms with Crippen molar-refractivity contribution < 1.29 is 10.0 Å². The molecule has 116 valence electrons. The van der Waals surface area contributed by atoms with Gasteiger partial charge >= 0.3 is 0 Å². The third kappa shape index (κ3) is 4.58. The van der Waals surface area contributed by atoms with Crippen LogP contribution >= 0.6 is 11.8 Å². The lowest BCUT2D eigenvalue weighted by Crippen LogP contribution is -2.51. The number of oxime groups is 1. The van der Waals surface area contributed by atoms with Gasteiger partial charge in [-0.15, -0.1) is 0 Å². The van der Waals surface area contributed by atoms with Crippen LogP contribution in [0.4, 0.5) is 0 Å². The minimum atomic E-state index is -0.785. The molecule has 0 bridgehead atoms. The lowest BCUT2D eigenvalue weighted by atomic mass is 9.72. The van der Waals surface area contributed by atoms with Crippen LogP contribution in [-0.4, -0.2) is 35.5 Å². The maximum Gasteiger partial charge on any atom is 0.233 e. The van der Waals surface area contributed by atoms with E-state index in [1.807, 2.05) is 11.8 Å². The van der Waals surface area contributed by atoms with Crippen LogP contribution in [0.25, 0.3) is 0 Å². The molecule has 1 saturated carbocycles. The Hall–Kier alpha value is -0.910. The van der Waals surface area contributed by atoms with Crippen LogP contribution in [-0.2, 0) is 4.79 Å². The van der Waals surface area contributed by atoms with Gasteiger partial charge in [-0.25, -0.2) is 0 Å². The van der Waals surface area contributed by atoms with Crippen molar-refractivity contribution in [3.8, 4) is 0 Å². The molecule has 0 aromatic rings. The number of amides is 1. The summed E-state index contributed by atoms with van der Waals surface area (Å²) in [5.74, 6) is 1.16. The topological polar surface area (TPSA) is 87.7 Å². The molecular weight excluding hydrogens is 274 g/mol. The minimum absolute atomic E-state index is 0.0667. The predicted molar refractivity (Wildman–Crippen MR) is 84.2 cm³/mol. The van der Waals surface area contributed by atoms with Gasteiger partial charge in [-0.3, -0.25) is 4.79 Å². The van der Waals surface area contributed by atoms with E-state index < -0.39 is 5.41 Å². The Kier molecular flexibility index (Phi) is 7.80. The van der Waals surface area contributed by atoms with E-state index in [9.17, 15) is 4.79 Å². The standard InChI is InChI=1S/C14H27N3O2S/c1-20-11-7-3-6-10-16-13(18)14(12(15)17-19)8-4-2-5-9-14/h19H,2-11H2,1H3,(H2,15,17)(H,16,18). The average molecular weight is 301 g/mol. The molecule has 0 spiro atoms. The van der Waals surface area contributed by atoms with Crippen LogP contribution in [0.1, 0.15) is 51.4 Å². The predicted octanol–water partition coefficient (Wildman–Crippen LogP) is 2.33. The van der Waals surface area contributed by atoms with Crippen molar-refractivity contribution in [2.24, 2.45) is 16.3 Å². The molecule has 5 nitrogen and oxygen atoms in total. The lowest BCUT2D eigenvalue weighted by molar-refractivity contribution is -0.129. The summed E-state index contributed by atoms with van der Waals surface area (Å²) >= 11 is 1.85. The van der Waals surface area contributed by atoms with E-state index in [0.29, 0.717) is 19.4 Å². The molecule has 1 aliphatic carbocycles. The Balaban J connectivity index is 2.44. The van der Waals surface area contributed by atoms with Gasteiger partial charge in [0.05, 0.1) is 0 Å². The Labute approximate surface area is 125 Å². The van der Waals surface area contributed by atoms with Crippen LogP contribution in [0.3, 0.4) is 0 Å². The molecule has 4 N–H and O–H groups in total. The van der Waals surface area contributed by atoms with Gasteiger partial charge in [0.25, 0.3) is 0 Å². The molecule has 0 radical (unpaired) electrons. The number of carbonyl (C=O) groups is 1. The molecule has 0 heterocycles. The van der Waals surface area contributed by atoms with Crippen molar-refractivity contribution >= 4 is 23.5 Å². The summed E-state index contributed by atoms with van der Waals surface area (Å²) in [6, 6.07) is 0. The Morgan fingerprint density at radius 2 is 2.00 bits per heavy atom. The highest BCUT2D eigenvalue weighted by Gasteiger charge is 2.43. The minimum Gasteiger partial charge on any atom is -0.409 e. The molecule has 0 atom stereocenters. The average Bonchev–Trinajstić information content (AvgIpc) is 2.50. The first-order chi connectivity index (χ1) is 9.67. The summed E-state index contributed by atoms with van der Waals surface area (Å²) in [4.78, 5) is 12.4. The normalized spacial score (nSPS) is 18.8. The zero-order valence-corrected chi connectivity index (χ0v) is 13.2. The molecule has 0 aromatic carbocycles. The Morgan fingerprint density at radius 3 is 2.60 bits per heavy atom. The fourth-order valence-corrected chi connectivity index (χ4v) is 3.26. The molecule has 0 saturated heterocycles. The number of thioether (sulfide) groups is 1. The molecule has 1 aliphatic rings. The summed E-state index contributed by atoms with van der Waals surface area (Å²) < 4.78 is 0. The fourth-order valence-electron chi connectivity index (χ4n) is 2.77. The van der Waals surface area contributed by atoms with E-state index in [0.717, 1.165) is 32.1 Å². The first-order valence-electron chi connectivity index (χ1n) is 7.42. The summed E-state index contributed by atoms with van der Waals surface area (Å²) in [6.45, 7) is 0.674. The molecule has 1 rings (SSSR count). The second-order valence-corrected chi connectivity index (χ2v) is 6.42. The van der Waals surface area contributed by atoms with Crippen molar-refractivity contribution in [1.82, 2.24) is 5.32 Å². The number of nitrogens with one attached hydrogen (secondary N) is 1. The quantitative estimate of drug-likeness (QED) is 0.211. The molecule has 1 fully saturated rings. The highest BCUT2D eigenvalue weighted by atomic mass is 32.2. The third-order valence-electron chi connectivity index (χ3n) is 4.05. The molecule has 6 heteroatoms. The second kappa shape index (κ2) is 9.10. The van der Waals surface area contributed by atoms with E-state index in [-0.39, 0.29) is 11.7 Å². The van der Waals surface area contributed by atoms with Gasteiger partial charge in [0.1, 0.15) is 5.41 Å². The number of amidine groups is 1. The summed E-state index contributed by atoms with van der Waals surface area (Å²) in [5, 5.41) is 15.0. The van der Waals surface area contributed by atoms with Crippen molar-refractivity contribution in [2.45, 2.75) is 51.4 Å². The van der Waals surface area contributed by atoms with E-state index in [2.05, 4.69) is 16.7 Å². The van der Waals surface area contributed by atoms with Crippen molar-refractivity contribution in [2.75, 3.05) is 18.6 Å². The van der Waals surface area contributed by atoms with Gasteiger partial charge in [-0.2, -0.15) is 11.8 Å². The molecule has 0 aliphatic heterocycles. The number of carbonyl (C=O) groups excluding carboxylic acids is 1. The van der Waals surface area contributed by atoms with Gasteiger partial charge in [0, 0.05) is 6.54 Å². The van der Waals surface area contributed by atoms with Crippen LogP contribution < -0.4 is 11.1 Å². The summed E-state index contributed by atoms with van der Waals surface area (Å²) in [6.07, 6.45) is 9.78. The largest absolute Gasteiger partial charge is 0.409 e. The van der Waals surface area contributed by atoms with Crippen LogP contribution in [0, 0.1) is 5.41 Å². The SMILES string of the molecule is CSCCCCCNC(=O)C1(C(N)=NO)CCCCC1. The second-order valence-electron chi connectivity index (χ2n) is 5.44. The number of hydrogen-bond acceptors (Lipinski definition) is 4. The van der Waals surface area contributed by atoms with Gasteiger partial charge < -0.3 is 16.3 Å². The maximum absolute atomic E-state index is 12.4. The van der Waals surface area contributed by atoms with Crippen molar-refractivity contribution in [3.63, 3.8) is 0 Å². The maximum atomic E-state index is 12.4. The zero-order valence-electron chi connectivity index (χ0n) is 12.4. The summed E-state index contributed by atoms with van der Waals surface area (Å²) in [7, 11) is 0.